The van der Waals surface area contributed by atoms with Crippen LogP contribution in [-0.2, 0) is 16.0 Å². The molecule has 1 aromatic heterocycles. The molecule has 2 aromatic rings. The van der Waals surface area contributed by atoms with Gasteiger partial charge in [-0.25, -0.2) is 4.98 Å². The maximum Gasteiger partial charge on any atom is 0.224 e. The van der Waals surface area contributed by atoms with Crippen LogP contribution in [0.2, 0.25) is 0 Å². The number of rotatable bonds is 5. The van der Waals surface area contributed by atoms with Crippen LogP contribution in [0.3, 0.4) is 0 Å². The van der Waals surface area contributed by atoms with Crippen LogP contribution in [0.5, 0.6) is 0 Å². The van der Waals surface area contributed by atoms with Crippen molar-refractivity contribution < 1.29 is 9.53 Å². The van der Waals surface area contributed by atoms with Gasteiger partial charge in [0.2, 0.25) is 5.91 Å². The molecule has 0 spiro atoms. The topological polar surface area (TPSA) is 54.5 Å². The number of ether oxygens (including phenoxy) is 1. The number of carbonyl (C=O) groups excluding carboxylic acids is 1. The van der Waals surface area contributed by atoms with Crippen molar-refractivity contribution >= 4 is 17.4 Å². The molecule has 0 unspecified atom stereocenters. The third-order valence-corrected chi connectivity index (χ3v) is 4.45. The van der Waals surface area contributed by atoms with Gasteiger partial charge in [-0.3, -0.25) is 4.79 Å². The van der Waals surface area contributed by atoms with Gasteiger partial charge < -0.3 is 15.0 Å². The van der Waals surface area contributed by atoms with Crippen molar-refractivity contribution in [3.05, 3.63) is 53.2 Å². The number of carbonyl (C=O) groups is 1. The van der Waals surface area contributed by atoms with Crippen molar-refractivity contribution in [3.8, 4) is 0 Å². The first-order valence-electron chi connectivity index (χ1n) is 8.76. The van der Waals surface area contributed by atoms with Crippen LogP contribution < -0.4 is 10.2 Å². The van der Waals surface area contributed by atoms with Crippen LogP contribution in [0.4, 0.5) is 11.5 Å². The highest BCUT2D eigenvalue weighted by atomic mass is 16.5. The fourth-order valence-corrected chi connectivity index (χ4v) is 2.92. The van der Waals surface area contributed by atoms with Crippen LogP contribution in [-0.4, -0.2) is 37.2 Å². The maximum atomic E-state index is 12.3. The molecule has 0 atom stereocenters. The average molecular weight is 339 g/mol. The lowest BCUT2D eigenvalue weighted by molar-refractivity contribution is -0.116. The van der Waals surface area contributed by atoms with Crippen molar-refractivity contribution in [2.45, 2.75) is 26.7 Å². The van der Waals surface area contributed by atoms with E-state index in [2.05, 4.69) is 27.3 Å². The summed E-state index contributed by atoms with van der Waals surface area (Å²) >= 11 is 0. The molecular weight excluding hydrogens is 314 g/mol. The van der Waals surface area contributed by atoms with E-state index >= 15 is 0 Å². The number of nitrogens with one attached hydrogen (secondary N) is 1. The average Bonchev–Trinajstić information content (AvgIpc) is 2.64. The van der Waals surface area contributed by atoms with E-state index in [9.17, 15) is 4.79 Å². The van der Waals surface area contributed by atoms with Crippen molar-refractivity contribution in [2.75, 3.05) is 36.5 Å². The predicted octanol–water partition coefficient (Wildman–Crippen LogP) is 3.11. The molecule has 132 valence electrons. The Balaban J connectivity index is 1.57. The SMILES string of the molecule is Cc1ccc(C)c(NC(=O)CCc2ccnc(N3CCOCC3)c2)c1. The van der Waals surface area contributed by atoms with Crippen LogP contribution in [0.15, 0.2) is 36.5 Å². The Morgan fingerprint density at radius 2 is 2.00 bits per heavy atom. The van der Waals surface area contributed by atoms with Gasteiger partial charge in [-0.05, 0) is 55.2 Å². The van der Waals surface area contributed by atoms with E-state index in [1.54, 1.807) is 0 Å². The Morgan fingerprint density at radius 1 is 1.20 bits per heavy atom. The van der Waals surface area contributed by atoms with Crippen LogP contribution in [0, 0.1) is 13.8 Å². The van der Waals surface area contributed by atoms with E-state index in [-0.39, 0.29) is 5.91 Å². The third-order valence-electron chi connectivity index (χ3n) is 4.45. The molecule has 1 N–H and O–H groups in total. The zero-order valence-electron chi connectivity index (χ0n) is 14.9. The van der Waals surface area contributed by atoms with Crippen molar-refractivity contribution in [1.82, 2.24) is 4.98 Å². The summed E-state index contributed by atoms with van der Waals surface area (Å²) in [5.41, 5.74) is 4.25. The van der Waals surface area contributed by atoms with Gasteiger partial charge in [0.1, 0.15) is 5.82 Å². The second kappa shape index (κ2) is 8.12. The monoisotopic (exact) mass is 339 g/mol. The summed E-state index contributed by atoms with van der Waals surface area (Å²) in [5, 5.41) is 3.02. The van der Waals surface area contributed by atoms with E-state index in [1.165, 1.54) is 0 Å². The Bertz CT molecular complexity index is 739. The molecule has 5 nitrogen and oxygen atoms in total. The standard InChI is InChI=1S/C20H25N3O2/c1-15-3-4-16(2)18(13-15)22-20(24)6-5-17-7-8-21-19(14-17)23-9-11-25-12-10-23/h3-4,7-8,13-14H,5-6,9-12H2,1-2H3,(H,22,24). The fraction of sp³-hybridized carbons (Fsp3) is 0.400. The summed E-state index contributed by atoms with van der Waals surface area (Å²) in [7, 11) is 0. The lowest BCUT2D eigenvalue weighted by atomic mass is 10.1. The number of amides is 1. The Morgan fingerprint density at radius 3 is 2.80 bits per heavy atom. The number of morpholine rings is 1. The minimum absolute atomic E-state index is 0.0402. The molecule has 2 heterocycles. The molecule has 1 fully saturated rings. The van der Waals surface area contributed by atoms with Crippen LogP contribution in [0.25, 0.3) is 0 Å². The molecule has 1 saturated heterocycles. The highest BCUT2D eigenvalue weighted by Crippen LogP contribution is 2.18. The lowest BCUT2D eigenvalue weighted by Gasteiger charge is -2.28. The van der Waals surface area contributed by atoms with Gasteiger partial charge in [-0.15, -0.1) is 0 Å². The van der Waals surface area contributed by atoms with Crippen molar-refractivity contribution in [2.24, 2.45) is 0 Å². The molecule has 1 aliphatic heterocycles. The molecule has 0 radical (unpaired) electrons. The summed E-state index contributed by atoms with van der Waals surface area (Å²) in [6.45, 7) is 7.24. The summed E-state index contributed by atoms with van der Waals surface area (Å²) in [4.78, 5) is 19.0. The maximum absolute atomic E-state index is 12.3. The Kier molecular flexibility index (Phi) is 5.66. The number of pyridine rings is 1. The van der Waals surface area contributed by atoms with E-state index in [0.29, 0.717) is 12.8 Å². The van der Waals surface area contributed by atoms with E-state index in [0.717, 1.165) is 54.5 Å². The molecule has 0 saturated carbocycles. The molecule has 0 aliphatic carbocycles. The predicted molar refractivity (Wildman–Crippen MR) is 100 cm³/mol. The van der Waals surface area contributed by atoms with E-state index < -0.39 is 0 Å². The second-order valence-electron chi connectivity index (χ2n) is 6.49. The Labute approximate surface area is 149 Å². The molecule has 1 aliphatic rings. The number of hydrogen-bond acceptors (Lipinski definition) is 4. The highest BCUT2D eigenvalue weighted by Gasteiger charge is 2.13. The number of aromatic nitrogens is 1. The molecule has 0 bridgehead atoms. The number of hydrogen-bond donors (Lipinski definition) is 1. The fourth-order valence-electron chi connectivity index (χ4n) is 2.92. The van der Waals surface area contributed by atoms with Crippen LogP contribution in [0.1, 0.15) is 23.1 Å². The highest BCUT2D eigenvalue weighted by molar-refractivity contribution is 5.91. The lowest BCUT2D eigenvalue weighted by Crippen LogP contribution is -2.36. The Hall–Kier alpha value is -2.40. The largest absolute Gasteiger partial charge is 0.378 e. The molecule has 1 aromatic carbocycles. The summed E-state index contributed by atoms with van der Waals surface area (Å²) in [5.74, 6) is 1.01. The van der Waals surface area contributed by atoms with E-state index in [4.69, 9.17) is 4.74 Å². The minimum Gasteiger partial charge on any atom is -0.378 e. The minimum atomic E-state index is 0.0402. The van der Waals surface area contributed by atoms with Crippen molar-refractivity contribution in [1.29, 1.82) is 0 Å². The first-order valence-corrected chi connectivity index (χ1v) is 8.76. The summed E-state index contributed by atoms with van der Waals surface area (Å²) in [6.07, 6.45) is 2.99. The quantitative estimate of drug-likeness (QED) is 0.909. The smallest absolute Gasteiger partial charge is 0.224 e. The van der Waals surface area contributed by atoms with Gasteiger partial charge in [0.05, 0.1) is 13.2 Å². The molecular formula is C20H25N3O2. The zero-order chi connectivity index (χ0) is 17.6. The number of benzene rings is 1. The number of aryl methyl sites for hydroxylation is 3. The third kappa shape index (κ3) is 4.79. The molecule has 1 amide bonds. The summed E-state index contributed by atoms with van der Waals surface area (Å²) in [6, 6.07) is 10.2. The molecule has 5 heteroatoms. The number of anilines is 2. The van der Waals surface area contributed by atoms with Gasteiger partial charge in [0, 0.05) is 31.4 Å². The van der Waals surface area contributed by atoms with Crippen molar-refractivity contribution in [3.63, 3.8) is 0 Å². The van der Waals surface area contributed by atoms with Gasteiger partial charge in [-0.1, -0.05) is 12.1 Å². The second-order valence-corrected chi connectivity index (χ2v) is 6.49. The first-order chi connectivity index (χ1) is 12.1. The normalized spacial score (nSPS) is 14.4. The van der Waals surface area contributed by atoms with Gasteiger partial charge in [0.25, 0.3) is 0 Å². The zero-order valence-corrected chi connectivity index (χ0v) is 14.9. The number of nitrogens with zero attached hydrogens (tertiary/aromatic N) is 2. The first kappa shape index (κ1) is 17.4. The van der Waals surface area contributed by atoms with Gasteiger partial charge in [-0.2, -0.15) is 0 Å². The van der Waals surface area contributed by atoms with Crippen LogP contribution >= 0.6 is 0 Å². The van der Waals surface area contributed by atoms with Gasteiger partial charge >= 0.3 is 0 Å². The van der Waals surface area contributed by atoms with Gasteiger partial charge in [0.15, 0.2) is 0 Å². The molecule has 25 heavy (non-hydrogen) atoms. The molecule has 3 rings (SSSR count). The summed E-state index contributed by atoms with van der Waals surface area (Å²) < 4.78 is 5.38. The van der Waals surface area contributed by atoms with E-state index in [1.807, 2.05) is 38.2 Å².